The zero-order valence-electron chi connectivity index (χ0n) is 15.0. The lowest BCUT2D eigenvalue weighted by atomic mass is 10.1. The van der Waals surface area contributed by atoms with Gasteiger partial charge in [-0.05, 0) is 38.1 Å². The Morgan fingerprint density at radius 3 is 2.68 bits per heavy atom. The van der Waals surface area contributed by atoms with Crippen molar-refractivity contribution in [2.24, 2.45) is 0 Å². The molecule has 0 aliphatic carbocycles. The Balaban J connectivity index is 1.80. The summed E-state index contributed by atoms with van der Waals surface area (Å²) >= 11 is 0. The first-order chi connectivity index (χ1) is 12.3. The molecule has 2 heterocycles. The van der Waals surface area contributed by atoms with Crippen molar-refractivity contribution in [2.45, 2.75) is 25.8 Å². The number of aromatic nitrogens is 3. The highest BCUT2D eigenvalue weighted by molar-refractivity contribution is 5.74. The number of likely N-dealkylation sites (N-methyl/N-ethyl adjacent to an activating group) is 1. The third-order valence-electron chi connectivity index (χ3n) is 4.64. The summed E-state index contributed by atoms with van der Waals surface area (Å²) in [6.45, 7) is 5.26. The van der Waals surface area contributed by atoms with Crippen molar-refractivity contribution in [2.75, 3.05) is 39.2 Å². The lowest BCUT2D eigenvalue weighted by molar-refractivity contribution is 0.276. The molecule has 1 saturated heterocycles. The summed E-state index contributed by atoms with van der Waals surface area (Å²) in [5.74, 6) is 1.91. The monoisotopic (exact) mass is 343 g/mol. The van der Waals surface area contributed by atoms with Crippen LogP contribution in [0.2, 0.25) is 0 Å². The number of ether oxygens (including phenoxy) is 2. The van der Waals surface area contributed by atoms with Gasteiger partial charge in [-0.2, -0.15) is 5.10 Å². The van der Waals surface area contributed by atoms with Crippen LogP contribution in [0, 0.1) is 0 Å². The maximum atomic E-state index is 5.46. The van der Waals surface area contributed by atoms with E-state index in [1.54, 1.807) is 20.4 Å². The van der Waals surface area contributed by atoms with Crippen molar-refractivity contribution >= 4 is 5.95 Å². The summed E-state index contributed by atoms with van der Waals surface area (Å²) in [6.07, 6.45) is 4.07. The highest BCUT2D eigenvalue weighted by Gasteiger charge is 2.23. The molecule has 1 aromatic carbocycles. The molecule has 1 aromatic heterocycles. The summed E-state index contributed by atoms with van der Waals surface area (Å²) in [5.41, 5.74) is 1.45. The summed E-state index contributed by atoms with van der Waals surface area (Å²) in [6, 6.07) is 6.17. The number of nitrogens with zero attached hydrogens (tertiary/aromatic N) is 4. The number of methoxy groups -OCH3 is 2. The second-order valence-electron chi connectivity index (χ2n) is 6.01. The molecule has 1 atom stereocenters. The van der Waals surface area contributed by atoms with Gasteiger partial charge in [0.25, 0.3) is 0 Å². The zero-order chi connectivity index (χ0) is 17.6. The molecule has 7 nitrogen and oxygen atoms in total. The van der Waals surface area contributed by atoms with Gasteiger partial charge >= 0.3 is 0 Å². The molecular formula is C18H25N5O2. The van der Waals surface area contributed by atoms with Gasteiger partial charge in [-0.25, -0.2) is 4.98 Å². The highest BCUT2D eigenvalue weighted by atomic mass is 16.5. The summed E-state index contributed by atoms with van der Waals surface area (Å²) < 4.78 is 10.9. The first-order valence-corrected chi connectivity index (χ1v) is 8.65. The lowest BCUT2D eigenvalue weighted by Crippen LogP contribution is -2.35. The second kappa shape index (κ2) is 8.11. The highest BCUT2D eigenvalue weighted by Crippen LogP contribution is 2.36. The van der Waals surface area contributed by atoms with Crippen LogP contribution in [0.3, 0.4) is 0 Å². The van der Waals surface area contributed by atoms with Crippen LogP contribution in [0.1, 0.15) is 19.8 Å². The van der Waals surface area contributed by atoms with Crippen LogP contribution in [0.5, 0.6) is 11.5 Å². The number of benzene rings is 1. The van der Waals surface area contributed by atoms with Gasteiger partial charge in [-0.3, -0.25) is 4.90 Å². The van der Waals surface area contributed by atoms with E-state index in [1.807, 2.05) is 18.2 Å². The van der Waals surface area contributed by atoms with E-state index in [4.69, 9.17) is 9.47 Å². The Morgan fingerprint density at radius 2 is 2.00 bits per heavy atom. The maximum Gasteiger partial charge on any atom is 0.243 e. The van der Waals surface area contributed by atoms with Crippen molar-refractivity contribution in [3.05, 3.63) is 24.4 Å². The maximum absolute atomic E-state index is 5.46. The Bertz CT molecular complexity index is 687. The number of anilines is 1. The van der Waals surface area contributed by atoms with E-state index in [9.17, 15) is 0 Å². The predicted molar refractivity (Wildman–Crippen MR) is 97.1 cm³/mol. The molecular weight excluding hydrogens is 318 g/mol. The second-order valence-corrected chi connectivity index (χ2v) is 6.01. The van der Waals surface area contributed by atoms with Crippen molar-refractivity contribution in [3.63, 3.8) is 0 Å². The van der Waals surface area contributed by atoms with Gasteiger partial charge in [0.05, 0.1) is 26.0 Å². The van der Waals surface area contributed by atoms with Crippen LogP contribution >= 0.6 is 0 Å². The van der Waals surface area contributed by atoms with Crippen LogP contribution in [0.15, 0.2) is 24.4 Å². The smallest absolute Gasteiger partial charge is 0.243 e. The van der Waals surface area contributed by atoms with Crippen molar-refractivity contribution in [1.29, 1.82) is 0 Å². The summed E-state index contributed by atoms with van der Waals surface area (Å²) in [5, 5.41) is 11.5. The Kier molecular flexibility index (Phi) is 5.65. The van der Waals surface area contributed by atoms with E-state index in [0.717, 1.165) is 18.7 Å². The van der Waals surface area contributed by atoms with Gasteiger partial charge in [0.1, 0.15) is 17.2 Å². The van der Waals surface area contributed by atoms with Gasteiger partial charge in [-0.15, -0.1) is 5.10 Å². The molecule has 0 spiro atoms. The fourth-order valence-corrected chi connectivity index (χ4v) is 3.35. The minimum atomic E-state index is 0.522. The minimum absolute atomic E-state index is 0.522. The lowest BCUT2D eigenvalue weighted by Gasteiger charge is -2.22. The molecule has 0 radical (unpaired) electrons. The van der Waals surface area contributed by atoms with Gasteiger partial charge in [-0.1, -0.05) is 13.0 Å². The van der Waals surface area contributed by atoms with Crippen LogP contribution in [-0.4, -0.2) is 60.0 Å². The van der Waals surface area contributed by atoms with E-state index in [-0.39, 0.29) is 0 Å². The third-order valence-corrected chi connectivity index (χ3v) is 4.64. The molecule has 0 unspecified atom stereocenters. The minimum Gasteiger partial charge on any atom is -0.496 e. The zero-order valence-corrected chi connectivity index (χ0v) is 15.0. The topological polar surface area (TPSA) is 72.4 Å². The normalized spacial score (nSPS) is 17.5. The molecule has 25 heavy (non-hydrogen) atoms. The number of hydrogen-bond acceptors (Lipinski definition) is 7. The summed E-state index contributed by atoms with van der Waals surface area (Å²) in [4.78, 5) is 7.09. The third kappa shape index (κ3) is 3.82. The number of hydrogen-bond donors (Lipinski definition) is 1. The average molecular weight is 343 g/mol. The fraction of sp³-hybridized carbons (Fsp3) is 0.500. The van der Waals surface area contributed by atoms with Crippen molar-refractivity contribution in [3.8, 4) is 22.8 Å². The van der Waals surface area contributed by atoms with Crippen molar-refractivity contribution in [1.82, 2.24) is 20.1 Å². The largest absolute Gasteiger partial charge is 0.496 e. The van der Waals surface area contributed by atoms with Gasteiger partial charge in [0.15, 0.2) is 0 Å². The van der Waals surface area contributed by atoms with Crippen LogP contribution in [-0.2, 0) is 0 Å². The van der Waals surface area contributed by atoms with E-state index in [2.05, 4.69) is 32.3 Å². The average Bonchev–Trinajstić information content (AvgIpc) is 3.13. The quantitative estimate of drug-likeness (QED) is 0.828. The first-order valence-electron chi connectivity index (χ1n) is 8.65. The SMILES string of the molecule is CCN1CCC[C@@H]1CNc1nncc(-c2c(OC)cccc2OC)n1. The number of rotatable bonds is 7. The number of nitrogens with one attached hydrogen (secondary N) is 1. The molecule has 0 bridgehead atoms. The van der Waals surface area contributed by atoms with Gasteiger partial charge < -0.3 is 14.8 Å². The predicted octanol–water partition coefficient (Wildman–Crippen LogP) is 2.45. The number of likely N-dealkylation sites (tertiary alicyclic amines) is 1. The van der Waals surface area contributed by atoms with Crippen LogP contribution in [0.4, 0.5) is 5.95 Å². The molecule has 1 aliphatic rings. The fourth-order valence-electron chi connectivity index (χ4n) is 3.35. The van der Waals surface area contributed by atoms with E-state index in [1.165, 1.54) is 19.4 Å². The molecule has 3 rings (SSSR count). The van der Waals surface area contributed by atoms with Gasteiger partial charge in [0.2, 0.25) is 5.95 Å². The Hall–Kier alpha value is -2.41. The molecule has 1 N–H and O–H groups in total. The van der Waals surface area contributed by atoms with E-state index < -0.39 is 0 Å². The molecule has 2 aromatic rings. The van der Waals surface area contributed by atoms with Crippen LogP contribution in [0.25, 0.3) is 11.3 Å². The molecule has 134 valence electrons. The van der Waals surface area contributed by atoms with Crippen LogP contribution < -0.4 is 14.8 Å². The molecule has 0 saturated carbocycles. The molecule has 1 fully saturated rings. The molecule has 7 heteroatoms. The van der Waals surface area contributed by atoms with E-state index in [0.29, 0.717) is 29.2 Å². The van der Waals surface area contributed by atoms with Gasteiger partial charge in [0, 0.05) is 12.6 Å². The Morgan fingerprint density at radius 1 is 1.24 bits per heavy atom. The van der Waals surface area contributed by atoms with E-state index >= 15 is 0 Å². The van der Waals surface area contributed by atoms with Crippen molar-refractivity contribution < 1.29 is 9.47 Å². The standard InChI is InChI=1S/C18H25N5O2/c1-4-23-10-6-7-13(23)11-19-18-21-14(12-20-22-18)17-15(24-2)8-5-9-16(17)25-3/h5,8-9,12-13H,4,6-7,10-11H2,1-3H3,(H,19,21,22)/t13-/m1/s1. The molecule has 0 amide bonds. The summed E-state index contributed by atoms with van der Waals surface area (Å²) in [7, 11) is 3.26. The first kappa shape index (κ1) is 17.4. The Labute approximate surface area is 148 Å². The molecule has 1 aliphatic heterocycles.